The first-order valence-corrected chi connectivity index (χ1v) is 7.76. The number of H-pyrrole nitrogens is 2. The van der Waals surface area contributed by atoms with Crippen LogP contribution in [0, 0.1) is 0 Å². The molecule has 2 unspecified atom stereocenters. The Bertz CT molecular complexity index is 500. The third-order valence-electron chi connectivity index (χ3n) is 1.94. The van der Waals surface area contributed by atoms with Crippen molar-refractivity contribution in [2.24, 2.45) is 0 Å². The summed E-state index contributed by atoms with van der Waals surface area (Å²) >= 11 is 0. The predicted octanol–water partition coefficient (Wildman–Crippen LogP) is 3.32. The van der Waals surface area contributed by atoms with Gasteiger partial charge in [0, 0.05) is 8.51 Å². The quantitative estimate of drug-likeness (QED) is 0.906. The normalized spacial score (nSPS) is 11.8. The van der Waals surface area contributed by atoms with Gasteiger partial charge in [-0.1, -0.05) is 6.07 Å². The van der Waals surface area contributed by atoms with Crippen LogP contribution in [0.2, 0.25) is 0 Å². The van der Waals surface area contributed by atoms with Crippen molar-refractivity contribution in [3.63, 3.8) is 0 Å². The van der Waals surface area contributed by atoms with Crippen LogP contribution in [0.1, 0.15) is 0 Å². The maximum absolute atomic E-state index is 5.76. The fourth-order valence-electron chi connectivity index (χ4n) is 1.25. The van der Waals surface area contributed by atoms with E-state index >= 15 is 0 Å². The van der Waals surface area contributed by atoms with Gasteiger partial charge < -0.3 is 18.5 Å². The van der Waals surface area contributed by atoms with E-state index in [4.69, 9.17) is 14.0 Å². The zero-order chi connectivity index (χ0) is 12.1. The van der Waals surface area contributed by atoms with E-state index in [9.17, 15) is 0 Å². The number of hydrogen-bond acceptors (Lipinski definition) is 4. The van der Waals surface area contributed by atoms with Crippen molar-refractivity contribution in [3.8, 4) is 17.2 Å². The van der Waals surface area contributed by atoms with Gasteiger partial charge in [0.05, 0.1) is 14.2 Å². The van der Waals surface area contributed by atoms with Crippen molar-refractivity contribution >= 4 is 25.1 Å². The van der Waals surface area contributed by atoms with Crippen molar-refractivity contribution in [1.29, 1.82) is 0 Å². The molecular weight excluding hydrogens is 279 g/mol. The minimum absolute atomic E-state index is 0.454. The summed E-state index contributed by atoms with van der Waals surface area (Å²) in [6, 6.07) is 5.52. The van der Waals surface area contributed by atoms with Gasteiger partial charge in [0.2, 0.25) is 5.75 Å². The Labute approximate surface area is 103 Å². The lowest BCUT2D eigenvalue weighted by atomic mass is 10.3. The van der Waals surface area contributed by atoms with Gasteiger partial charge in [0.15, 0.2) is 11.5 Å². The van der Waals surface area contributed by atoms with Gasteiger partial charge in [-0.05, 0) is 12.1 Å². The summed E-state index contributed by atoms with van der Waals surface area (Å²) in [6.45, 7) is 0. The number of para-hydroxylation sites is 1. The van der Waals surface area contributed by atoms with E-state index < -0.39 is 8.08 Å². The minimum Gasteiger partial charge on any atom is -0.493 e. The molecule has 9 heteroatoms. The molecule has 0 bridgehead atoms. The summed E-state index contributed by atoms with van der Waals surface area (Å²) < 4.78 is 26.7. The number of aromatic nitrogens is 3. The molecule has 1 heterocycles. The SMILES string of the molecule is COc1cccc(Op2np[nH][pH][nH]2)c1OC. The summed E-state index contributed by atoms with van der Waals surface area (Å²) in [6.07, 6.45) is 0. The topological polar surface area (TPSA) is 72.2 Å². The molecule has 0 amide bonds. The number of ether oxygens (including phenoxy) is 2. The largest absolute Gasteiger partial charge is 0.493 e. The van der Waals surface area contributed by atoms with E-state index in [1.165, 1.54) is 0 Å². The molecule has 0 spiro atoms. The monoisotopic (exact) mass is 291 g/mol. The molecule has 92 valence electrons. The number of rotatable bonds is 4. The highest BCUT2D eigenvalue weighted by molar-refractivity contribution is 7.50. The molecule has 17 heavy (non-hydrogen) atoms. The highest BCUT2D eigenvalue weighted by Crippen LogP contribution is 2.40. The fraction of sp³-hybridized carbons (Fsp3) is 0.250. The lowest BCUT2D eigenvalue weighted by molar-refractivity contribution is 0.345. The first-order valence-electron chi connectivity index (χ1n) is 4.70. The average molecular weight is 291 g/mol. The Morgan fingerprint density at radius 2 is 2.12 bits per heavy atom. The first kappa shape index (κ1) is 12.4. The zero-order valence-electron chi connectivity index (χ0n) is 9.30. The van der Waals surface area contributed by atoms with E-state index in [-0.39, 0.29) is 0 Å². The van der Waals surface area contributed by atoms with Crippen LogP contribution in [0.5, 0.6) is 17.2 Å². The molecule has 0 saturated heterocycles. The number of nitrogens with one attached hydrogen (secondary N) is 2. The van der Waals surface area contributed by atoms with Crippen LogP contribution in [0.15, 0.2) is 18.2 Å². The number of aromatic amines is 2. The van der Waals surface area contributed by atoms with Gasteiger partial charge in [-0.25, -0.2) is 0 Å². The summed E-state index contributed by atoms with van der Waals surface area (Å²) in [4.78, 5) is 0. The molecule has 2 N–H and O–H groups in total. The van der Waals surface area contributed by atoms with E-state index in [2.05, 4.69) is 13.5 Å². The highest BCUT2D eigenvalue weighted by Gasteiger charge is 2.11. The first-order chi connectivity index (χ1) is 8.35. The van der Waals surface area contributed by atoms with E-state index in [0.717, 1.165) is 8.51 Å². The fourth-order valence-corrected chi connectivity index (χ4v) is 4.63. The van der Waals surface area contributed by atoms with Crippen LogP contribution in [0.4, 0.5) is 0 Å². The molecular formula is C8H12N3O3P3. The molecule has 2 rings (SSSR count). The van der Waals surface area contributed by atoms with Crippen molar-refractivity contribution in [2.45, 2.75) is 0 Å². The maximum atomic E-state index is 5.76. The molecule has 1 aromatic heterocycles. The molecule has 6 nitrogen and oxygen atoms in total. The van der Waals surface area contributed by atoms with E-state index in [1.807, 2.05) is 18.2 Å². The molecule has 0 saturated carbocycles. The summed E-state index contributed by atoms with van der Waals surface area (Å²) in [5.74, 6) is 1.87. The molecule has 0 radical (unpaired) electrons. The summed E-state index contributed by atoms with van der Waals surface area (Å²) in [5.41, 5.74) is 0. The van der Waals surface area contributed by atoms with Crippen LogP contribution in [0.3, 0.4) is 0 Å². The zero-order valence-corrected chi connectivity index (χ0v) is 12.1. The number of benzene rings is 1. The van der Waals surface area contributed by atoms with Crippen molar-refractivity contribution < 1.29 is 14.0 Å². The molecule has 0 aliphatic carbocycles. The third kappa shape index (κ3) is 2.98. The molecule has 2 atom stereocenters. The number of nitrogens with zero attached hydrogens (tertiary/aromatic N) is 1. The highest BCUT2D eigenvalue weighted by atomic mass is 31.2. The Morgan fingerprint density at radius 3 is 2.76 bits per heavy atom. The Hall–Kier alpha value is -1.08. The van der Waals surface area contributed by atoms with Crippen LogP contribution >= 0.6 is 25.1 Å². The van der Waals surface area contributed by atoms with Crippen LogP contribution in [-0.4, -0.2) is 27.7 Å². The Kier molecular flexibility index (Phi) is 4.38. The van der Waals surface area contributed by atoms with Gasteiger partial charge in [-0.2, -0.15) is 0 Å². The Morgan fingerprint density at radius 1 is 1.29 bits per heavy atom. The minimum atomic E-state index is -1.01. The van der Waals surface area contributed by atoms with Crippen molar-refractivity contribution in [3.05, 3.63) is 18.2 Å². The summed E-state index contributed by atoms with van der Waals surface area (Å²) in [5, 5.41) is 0. The smallest absolute Gasteiger partial charge is 0.263 e. The van der Waals surface area contributed by atoms with Crippen molar-refractivity contribution in [1.82, 2.24) is 13.5 Å². The second kappa shape index (κ2) is 6.02. The average Bonchev–Trinajstić information content (AvgIpc) is 2.39. The van der Waals surface area contributed by atoms with Gasteiger partial charge in [0.1, 0.15) is 8.51 Å². The molecule has 0 fully saturated rings. The lowest BCUT2D eigenvalue weighted by Gasteiger charge is -2.12. The second-order valence-corrected chi connectivity index (χ2v) is 6.58. The molecule has 0 aliphatic heterocycles. The maximum Gasteiger partial charge on any atom is 0.263 e. The van der Waals surface area contributed by atoms with Gasteiger partial charge >= 0.3 is 0 Å². The van der Waals surface area contributed by atoms with Crippen LogP contribution in [-0.2, 0) is 0 Å². The van der Waals surface area contributed by atoms with Crippen LogP contribution < -0.4 is 14.0 Å². The number of hydrogen-bond donors (Lipinski definition) is 2. The molecule has 2 aromatic rings. The predicted molar refractivity (Wildman–Crippen MR) is 70.9 cm³/mol. The van der Waals surface area contributed by atoms with E-state index in [0.29, 0.717) is 25.8 Å². The second-order valence-electron chi connectivity index (χ2n) is 2.89. The lowest BCUT2D eigenvalue weighted by Crippen LogP contribution is -1.93. The molecule has 0 aliphatic rings. The van der Waals surface area contributed by atoms with Gasteiger partial charge in [-0.15, -0.1) is 4.51 Å². The standard InChI is InChI=1S/C8H12N3O3P3/c1-12-6-4-3-5-7(8(6)13-2)14-17-10-15-9-16-11-17/h3-5,10,15H,1-2H3,(H,9,11). The van der Waals surface area contributed by atoms with Gasteiger partial charge in [0.25, 0.3) is 8.08 Å². The van der Waals surface area contributed by atoms with Gasteiger partial charge in [-0.3, -0.25) is 4.51 Å². The number of methoxy groups -OCH3 is 2. The van der Waals surface area contributed by atoms with Crippen molar-refractivity contribution in [2.75, 3.05) is 14.2 Å². The van der Waals surface area contributed by atoms with Crippen LogP contribution in [0.25, 0.3) is 0 Å². The molecule has 1 aromatic carbocycles. The third-order valence-corrected chi connectivity index (χ3v) is 5.37. The summed E-state index contributed by atoms with van der Waals surface area (Å²) in [7, 11) is 3.47. The Balaban J connectivity index is 2.33. The van der Waals surface area contributed by atoms with E-state index in [1.54, 1.807) is 14.2 Å².